The number of hydrogen-bond donors (Lipinski definition) is 2. The van der Waals surface area contributed by atoms with E-state index in [2.05, 4.69) is 4.52 Å². The summed E-state index contributed by atoms with van der Waals surface area (Å²) in [5.41, 5.74) is 0. The molecule has 7 heteroatoms. The molecular formula is CH5ClNaO4P. The summed E-state index contributed by atoms with van der Waals surface area (Å²) in [6, 6.07) is -0.482. The minimum Gasteiger partial charge on any atom is -1.00 e. The number of phosphoric ester groups is 1. The smallest absolute Gasteiger partial charge is 1.00 e. The molecule has 0 radical (unpaired) electrons. The van der Waals surface area contributed by atoms with E-state index < -0.39 is 13.9 Å². The van der Waals surface area contributed by atoms with Gasteiger partial charge in [-0.25, -0.2) is 4.57 Å². The minimum absolute atomic E-state index is 0. The maximum atomic E-state index is 9.62. The van der Waals surface area contributed by atoms with Gasteiger partial charge in [0.25, 0.3) is 0 Å². The van der Waals surface area contributed by atoms with Crippen molar-refractivity contribution in [2.45, 2.75) is 0 Å². The first-order valence-electron chi connectivity index (χ1n) is 1.32. The Morgan fingerprint density at radius 2 is 2.12 bits per heavy atom. The molecule has 46 valence electrons. The Kier molecular flexibility index (Phi) is 7.88. The van der Waals surface area contributed by atoms with E-state index >= 15 is 0 Å². The van der Waals surface area contributed by atoms with Gasteiger partial charge in [0.2, 0.25) is 0 Å². The van der Waals surface area contributed by atoms with Crippen LogP contribution < -0.4 is 29.6 Å². The first kappa shape index (κ1) is 12.1. The second-order valence-electron chi connectivity index (χ2n) is 0.729. The monoisotopic (exact) mass is 170 g/mol. The molecule has 0 amide bonds. The second kappa shape index (κ2) is 5.21. The Morgan fingerprint density at radius 3 is 2.12 bits per heavy atom. The Bertz CT molecular complexity index is 94.6. The first-order chi connectivity index (χ1) is 3.06. The molecule has 0 aromatic rings. The molecule has 0 bridgehead atoms. The van der Waals surface area contributed by atoms with Crippen LogP contribution in [0.15, 0.2) is 0 Å². The zero-order chi connectivity index (χ0) is 5.91. The Balaban J connectivity index is -0.000000180. The van der Waals surface area contributed by atoms with E-state index in [0.29, 0.717) is 0 Å². The van der Waals surface area contributed by atoms with E-state index in [1.807, 2.05) is 0 Å². The van der Waals surface area contributed by atoms with Crippen LogP contribution in [0.3, 0.4) is 0 Å². The topological polar surface area (TPSA) is 66.8 Å². The summed E-state index contributed by atoms with van der Waals surface area (Å²) in [6.45, 7) is 0. The molecule has 0 saturated carbocycles. The summed E-state index contributed by atoms with van der Waals surface area (Å²) in [5.74, 6) is 0. The van der Waals surface area contributed by atoms with Gasteiger partial charge in [-0.2, -0.15) is 0 Å². The van der Waals surface area contributed by atoms with Crippen molar-refractivity contribution in [2.75, 3.05) is 6.07 Å². The fourth-order valence-corrected chi connectivity index (χ4v) is 0.572. The molecule has 0 aromatic heterocycles. The van der Waals surface area contributed by atoms with Gasteiger partial charge in [0, 0.05) is 0 Å². The average molecular weight is 170 g/mol. The largest absolute Gasteiger partial charge is 1.00 e. The molecule has 8 heavy (non-hydrogen) atoms. The quantitative estimate of drug-likeness (QED) is 0.271. The van der Waals surface area contributed by atoms with Gasteiger partial charge in [-0.15, -0.1) is 0 Å². The van der Waals surface area contributed by atoms with Crippen LogP contribution in [0, 0.1) is 0 Å². The first-order valence-corrected chi connectivity index (χ1v) is 3.39. The standard InChI is InChI=1S/CH4ClO4P.Na.H/c2-1-6-7(3,4)5;;/h1H2,(H2,3,4,5);;/q;+1;-1. The fourth-order valence-electron chi connectivity index (χ4n) is 0.0636. The normalized spacial score (nSPS) is 10.4. The van der Waals surface area contributed by atoms with Crippen molar-refractivity contribution in [1.29, 1.82) is 0 Å². The van der Waals surface area contributed by atoms with Crippen LogP contribution in [0.4, 0.5) is 0 Å². The maximum Gasteiger partial charge on any atom is 1.00 e. The van der Waals surface area contributed by atoms with Gasteiger partial charge in [0.1, 0.15) is 6.07 Å². The third kappa shape index (κ3) is 10.4. The van der Waals surface area contributed by atoms with Crippen LogP contribution in [0.25, 0.3) is 0 Å². The van der Waals surface area contributed by atoms with E-state index in [1.54, 1.807) is 0 Å². The average Bonchev–Trinajstić information content (AvgIpc) is 1.30. The summed E-state index contributed by atoms with van der Waals surface area (Å²) >= 11 is 4.77. The third-order valence-corrected chi connectivity index (χ3v) is 0.944. The SMILES string of the molecule is O=P(O)(O)OCCl.[H-].[Na+]. The van der Waals surface area contributed by atoms with Gasteiger partial charge in [-0.1, -0.05) is 11.6 Å². The molecule has 0 rings (SSSR count). The molecule has 2 N–H and O–H groups in total. The zero-order valence-corrected chi connectivity index (χ0v) is 7.89. The van der Waals surface area contributed by atoms with Crippen molar-refractivity contribution in [2.24, 2.45) is 0 Å². The van der Waals surface area contributed by atoms with Gasteiger partial charge >= 0.3 is 37.4 Å². The number of halogens is 1. The van der Waals surface area contributed by atoms with Crippen molar-refractivity contribution < 1.29 is 49.9 Å². The van der Waals surface area contributed by atoms with E-state index in [1.165, 1.54) is 0 Å². The fraction of sp³-hybridized carbons (Fsp3) is 1.00. The summed E-state index contributed by atoms with van der Waals surface area (Å²) in [5, 5.41) is 0. The van der Waals surface area contributed by atoms with Crippen LogP contribution in [-0.2, 0) is 9.09 Å². The third-order valence-electron chi connectivity index (χ3n) is 0.217. The van der Waals surface area contributed by atoms with Crippen molar-refractivity contribution in [3.8, 4) is 0 Å². The number of rotatable bonds is 2. The van der Waals surface area contributed by atoms with Gasteiger partial charge in [0.05, 0.1) is 0 Å². The van der Waals surface area contributed by atoms with Crippen LogP contribution in [0.5, 0.6) is 0 Å². The number of alkyl halides is 1. The Hall–Kier alpha value is 1.40. The Morgan fingerprint density at radius 1 is 1.75 bits per heavy atom. The molecule has 0 aromatic carbocycles. The molecule has 0 unspecified atom stereocenters. The molecule has 0 atom stereocenters. The van der Waals surface area contributed by atoms with Gasteiger partial charge < -0.3 is 11.2 Å². The van der Waals surface area contributed by atoms with E-state index in [-0.39, 0.29) is 31.0 Å². The molecule has 0 aliphatic heterocycles. The van der Waals surface area contributed by atoms with Crippen LogP contribution >= 0.6 is 19.4 Å². The predicted octanol–water partition coefficient (Wildman–Crippen LogP) is -2.59. The van der Waals surface area contributed by atoms with Gasteiger partial charge in [-0.3, -0.25) is 4.52 Å². The Labute approximate surface area is 75.2 Å². The summed E-state index contributed by atoms with van der Waals surface area (Å²) in [7, 11) is -4.30. The second-order valence-corrected chi connectivity index (χ2v) is 2.19. The number of hydrogen-bond acceptors (Lipinski definition) is 2. The van der Waals surface area contributed by atoms with Crippen LogP contribution in [-0.4, -0.2) is 15.9 Å². The van der Waals surface area contributed by atoms with Crippen LogP contribution in [0.2, 0.25) is 0 Å². The van der Waals surface area contributed by atoms with Gasteiger partial charge in [-0.05, 0) is 0 Å². The molecule has 0 spiro atoms. The van der Waals surface area contributed by atoms with Crippen molar-refractivity contribution in [1.82, 2.24) is 0 Å². The van der Waals surface area contributed by atoms with E-state index in [9.17, 15) is 4.57 Å². The molecule has 4 nitrogen and oxygen atoms in total. The number of phosphoric acid groups is 1. The molecule has 0 aliphatic carbocycles. The van der Waals surface area contributed by atoms with Gasteiger partial charge in [0.15, 0.2) is 0 Å². The molecule has 0 aliphatic rings. The maximum absolute atomic E-state index is 9.62. The zero-order valence-electron chi connectivity index (χ0n) is 5.24. The summed E-state index contributed by atoms with van der Waals surface area (Å²) < 4.78 is 13.3. The molecule has 0 fully saturated rings. The summed E-state index contributed by atoms with van der Waals surface area (Å²) in [4.78, 5) is 15.6. The van der Waals surface area contributed by atoms with Crippen molar-refractivity contribution in [3.05, 3.63) is 0 Å². The van der Waals surface area contributed by atoms with Crippen molar-refractivity contribution >= 4 is 19.4 Å². The molecule has 0 saturated heterocycles. The van der Waals surface area contributed by atoms with E-state index in [0.717, 1.165) is 0 Å². The minimum atomic E-state index is -4.30. The van der Waals surface area contributed by atoms with Crippen LogP contribution in [0.1, 0.15) is 1.43 Å². The summed E-state index contributed by atoms with van der Waals surface area (Å²) in [6.07, 6.45) is 0. The molecule has 0 heterocycles. The predicted molar refractivity (Wildman–Crippen MR) is 25.0 cm³/mol. The van der Waals surface area contributed by atoms with E-state index in [4.69, 9.17) is 21.4 Å². The molecular weight excluding hydrogens is 165 g/mol. The van der Waals surface area contributed by atoms with Crippen molar-refractivity contribution in [3.63, 3.8) is 0 Å².